The maximum atomic E-state index is 6.55. The first-order chi connectivity index (χ1) is 27.7. The maximum absolute atomic E-state index is 6.55. The number of aromatic nitrogens is 3. The third-order valence-electron chi connectivity index (χ3n) is 10.6. The summed E-state index contributed by atoms with van der Waals surface area (Å²) in [6.07, 6.45) is 0. The van der Waals surface area contributed by atoms with E-state index in [-0.39, 0.29) is 0 Å². The molecule has 3 heterocycles. The minimum atomic E-state index is 0.600. The summed E-state index contributed by atoms with van der Waals surface area (Å²) >= 11 is 1.85. The maximum Gasteiger partial charge on any atom is 0.164 e. The Hall–Kier alpha value is -7.21. The Morgan fingerprint density at radius 1 is 0.321 bits per heavy atom. The van der Waals surface area contributed by atoms with Gasteiger partial charge in [-0.3, -0.25) is 0 Å². The number of thiophene rings is 1. The number of rotatable bonds is 6. The Labute approximate surface area is 327 Å². The number of hydrogen-bond donors (Lipinski definition) is 0. The fraction of sp³-hybridized carbons (Fsp3) is 0. The molecule has 4 nitrogen and oxygen atoms in total. The lowest BCUT2D eigenvalue weighted by Gasteiger charge is -2.10. The Morgan fingerprint density at radius 2 is 0.839 bits per heavy atom. The van der Waals surface area contributed by atoms with Crippen LogP contribution in [0.25, 0.3) is 110 Å². The lowest BCUT2D eigenvalue weighted by atomic mass is 9.98. The average Bonchev–Trinajstić information content (AvgIpc) is 3.85. The van der Waals surface area contributed by atoms with Gasteiger partial charge < -0.3 is 4.42 Å². The number of nitrogens with zero attached hydrogens (tertiary/aromatic N) is 3. The summed E-state index contributed by atoms with van der Waals surface area (Å²) in [6, 6.07) is 65.7. The van der Waals surface area contributed by atoms with Crippen LogP contribution < -0.4 is 0 Å². The van der Waals surface area contributed by atoms with Crippen molar-refractivity contribution in [1.29, 1.82) is 0 Å². The third-order valence-corrected chi connectivity index (χ3v) is 11.7. The minimum absolute atomic E-state index is 0.600. The molecule has 5 heteroatoms. The molecule has 0 fully saturated rings. The summed E-state index contributed by atoms with van der Waals surface area (Å²) in [4.78, 5) is 15.1. The average molecular weight is 734 g/mol. The van der Waals surface area contributed by atoms with Crippen LogP contribution in [0.4, 0.5) is 0 Å². The molecule has 0 aliphatic carbocycles. The lowest BCUT2D eigenvalue weighted by molar-refractivity contribution is 0.669. The quantitative estimate of drug-likeness (QED) is 0.171. The number of benzene rings is 8. The molecule has 0 bridgehead atoms. The molecule has 0 atom stereocenters. The van der Waals surface area contributed by atoms with E-state index >= 15 is 0 Å². The predicted octanol–water partition coefficient (Wildman–Crippen LogP) is 14.1. The van der Waals surface area contributed by atoms with Gasteiger partial charge in [0.05, 0.1) is 0 Å². The molecule has 56 heavy (non-hydrogen) atoms. The standard InChI is InChI=1S/C51H31N3OS/c1-3-10-32(11-4-1)33-22-24-37(25-23-33)50-52-49(36-12-5-2-6-13-36)53-51(54-50)42-15-9-16-44-48(42)41-28-26-39(31-45(41)55-44)35-20-18-34(19-21-35)38-27-29-47-43(30-38)40-14-7-8-17-46(40)56-47/h1-31H. The van der Waals surface area contributed by atoms with Gasteiger partial charge in [-0.2, -0.15) is 0 Å². The van der Waals surface area contributed by atoms with Crippen LogP contribution in [0.1, 0.15) is 0 Å². The zero-order chi connectivity index (χ0) is 37.0. The first kappa shape index (κ1) is 32.2. The van der Waals surface area contributed by atoms with E-state index < -0.39 is 0 Å². The molecule has 11 rings (SSSR count). The fourth-order valence-corrected chi connectivity index (χ4v) is 8.82. The van der Waals surface area contributed by atoms with Crippen molar-refractivity contribution in [2.24, 2.45) is 0 Å². The largest absolute Gasteiger partial charge is 0.456 e. The Balaban J connectivity index is 0.968. The van der Waals surface area contributed by atoms with Gasteiger partial charge in [0.15, 0.2) is 17.5 Å². The summed E-state index contributed by atoms with van der Waals surface area (Å²) in [5.41, 5.74) is 11.3. The van der Waals surface area contributed by atoms with E-state index in [1.54, 1.807) is 0 Å². The van der Waals surface area contributed by atoms with Gasteiger partial charge in [0.25, 0.3) is 0 Å². The van der Waals surface area contributed by atoms with Crippen molar-refractivity contribution in [2.45, 2.75) is 0 Å². The molecular formula is C51H31N3OS. The monoisotopic (exact) mass is 733 g/mol. The van der Waals surface area contributed by atoms with E-state index in [2.05, 4.69) is 140 Å². The molecule has 0 radical (unpaired) electrons. The molecule has 0 amide bonds. The molecule has 0 saturated carbocycles. The van der Waals surface area contributed by atoms with Crippen LogP contribution in [0.2, 0.25) is 0 Å². The zero-order valence-corrected chi connectivity index (χ0v) is 30.9. The van der Waals surface area contributed by atoms with E-state index in [1.807, 2.05) is 59.9 Å². The first-order valence-corrected chi connectivity index (χ1v) is 19.5. The highest BCUT2D eigenvalue weighted by Gasteiger charge is 2.18. The topological polar surface area (TPSA) is 51.8 Å². The van der Waals surface area contributed by atoms with Crippen LogP contribution in [-0.4, -0.2) is 15.0 Å². The molecule has 0 N–H and O–H groups in total. The minimum Gasteiger partial charge on any atom is -0.456 e. The fourth-order valence-electron chi connectivity index (χ4n) is 7.74. The SMILES string of the molecule is c1ccc(-c2ccc(-c3nc(-c4ccccc4)nc(-c4cccc5oc6cc(-c7ccc(-c8ccc9sc%10ccccc%10c9c8)cc7)ccc6c45)n3)cc2)cc1. The van der Waals surface area contributed by atoms with Crippen molar-refractivity contribution >= 4 is 53.4 Å². The van der Waals surface area contributed by atoms with Crippen LogP contribution in [0, 0.1) is 0 Å². The van der Waals surface area contributed by atoms with Crippen LogP contribution in [0.5, 0.6) is 0 Å². The van der Waals surface area contributed by atoms with Crippen LogP contribution in [0.15, 0.2) is 192 Å². The van der Waals surface area contributed by atoms with Gasteiger partial charge in [0.1, 0.15) is 11.2 Å². The first-order valence-electron chi connectivity index (χ1n) is 18.7. The molecule has 8 aromatic carbocycles. The number of furan rings is 1. The van der Waals surface area contributed by atoms with Gasteiger partial charge in [-0.05, 0) is 69.8 Å². The number of hydrogen-bond acceptors (Lipinski definition) is 5. The van der Waals surface area contributed by atoms with Crippen LogP contribution in [-0.2, 0) is 0 Å². The molecule has 11 aromatic rings. The molecular weight excluding hydrogens is 703 g/mol. The van der Waals surface area contributed by atoms with E-state index in [0.717, 1.165) is 55.3 Å². The zero-order valence-electron chi connectivity index (χ0n) is 30.1. The molecule has 0 spiro atoms. The predicted molar refractivity (Wildman–Crippen MR) is 233 cm³/mol. The highest BCUT2D eigenvalue weighted by atomic mass is 32.1. The molecule has 0 aliphatic rings. The summed E-state index contributed by atoms with van der Waals surface area (Å²) in [6.45, 7) is 0. The van der Waals surface area contributed by atoms with Gasteiger partial charge in [-0.1, -0.05) is 152 Å². The highest BCUT2D eigenvalue weighted by Crippen LogP contribution is 2.40. The normalized spacial score (nSPS) is 11.6. The second kappa shape index (κ2) is 13.3. The molecule has 0 unspecified atom stereocenters. The third kappa shape index (κ3) is 5.65. The summed E-state index contributed by atoms with van der Waals surface area (Å²) in [5, 5.41) is 4.62. The van der Waals surface area contributed by atoms with Crippen molar-refractivity contribution in [2.75, 3.05) is 0 Å². The second-order valence-corrected chi connectivity index (χ2v) is 15.1. The van der Waals surface area contributed by atoms with Gasteiger partial charge in [-0.15, -0.1) is 11.3 Å². The van der Waals surface area contributed by atoms with E-state index in [1.165, 1.54) is 36.9 Å². The Kier molecular flexibility index (Phi) is 7.64. The summed E-state index contributed by atoms with van der Waals surface area (Å²) < 4.78 is 9.19. The lowest BCUT2D eigenvalue weighted by Crippen LogP contribution is -2.00. The molecule has 3 aromatic heterocycles. The molecule has 0 saturated heterocycles. The van der Waals surface area contributed by atoms with Crippen molar-refractivity contribution in [3.8, 4) is 67.5 Å². The van der Waals surface area contributed by atoms with Crippen molar-refractivity contribution in [3.63, 3.8) is 0 Å². The Bertz CT molecular complexity index is 3220. The Morgan fingerprint density at radius 3 is 1.57 bits per heavy atom. The highest BCUT2D eigenvalue weighted by molar-refractivity contribution is 7.25. The summed E-state index contributed by atoms with van der Waals surface area (Å²) in [7, 11) is 0. The smallest absolute Gasteiger partial charge is 0.164 e. The van der Waals surface area contributed by atoms with Crippen LogP contribution in [0.3, 0.4) is 0 Å². The molecule has 0 aliphatic heterocycles. The van der Waals surface area contributed by atoms with Gasteiger partial charge in [0.2, 0.25) is 0 Å². The van der Waals surface area contributed by atoms with Crippen molar-refractivity contribution in [3.05, 3.63) is 188 Å². The molecule has 262 valence electrons. The van der Waals surface area contributed by atoms with Gasteiger partial charge in [-0.25, -0.2) is 15.0 Å². The van der Waals surface area contributed by atoms with Crippen molar-refractivity contribution < 1.29 is 4.42 Å². The summed E-state index contributed by atoms with van der Waals surface area (Å²) in [5.74, 6) is 1.84. The van der Waals surface area contributed by atoms with E-state index in [4.69, 9.17) is 19.4 Å². The van der Waals surface area contributed by atoms with Gasteiger partial charge >= 0.3 is 0 Å². The van der Waals surface area contributed by atoms with Gasteiger partial charge in [0, 0.05) is 47.6 Å². The van der Waals surface area contributed by atoms with Crippen molar-refractivity contribution in [1.82, 2.24) is 15.0 Å². The number of fused-ring (bicyclic) bond motifs is 6. The van der Waals surface area contributed by atoms with E-state index in [0.29, 0.717) is 17.5 Å². The second-order valence-electron chi connectivity index (χ2n) is 14.0. The van der Waals surface area contributed by atoms with Crippen LogP contribution >= 0.6 is 11.3 Å². The van der Waals surface area contributed by atoms with E-state index in [9.17, 15) is 0 Å².